The van der Waals surface area contributed by atoms with Gasteiger partial charge in [0.25, 0.3) is 0 Å². The van der Waals surface area contributed by atoms with Crippen LogP contribution in [0.25, 0.3) is 0 Å². The number of fused-ring (bicyclic) bond motifs is 1. The third-order valence-corrected chi connectivity index (χ3v) is 7.47. The number of hydrogen-bond acceptors (Lipinski definition) is 7. The Bertz CT molecular complexity index is 986. The zero-order chi connectivity index (χ0) is 24.8. The standard InChI is InChI=1S/C23H35N3O6S/c1-17-13-26(18(2)16-27)33(29,30)22-10-9-19(8-7-11-31-6)12-20(22)32-21(17)14-25(5)23(28)15-24(3)4/h9-10,12,17-18,21,27H,11,13-16H2,1-6H3/t17-,18+,21+/m1/s1. The highest BCUT2D eigenvalue weighted by molar-refractivity contribution is 7.89. The van der Waals surface area contributed by atoms with E-state index in [-0.39, 0.29) is 55.3 Å². The van der Waals surface area contributed by atoms with Crippen LogP contribution in [0.2, 0.25) is 0 Å². The summed E-state index contributed by atoms with van der Waals surface area (Å²) in [6.45, 7) is 4.18. The van der Waals surface area contributed by atoms with Crippen LogP contribution in [0, 0.1) is 17.8 Å². The summed E-state index contributed by atoms with van der Waals surface area (Å²) in [4.78, 5) is 15.9. The summed E-state index contributed by atoms with van der Waals surface area (Å²) in [6, 6.07) is 4.09. The number of ether oxygens (including phenoxy) is 2. The first-order valence-electron chi connectivity index (χ1n) is 10.8. The van der Waals surface area contributed by atoms with Crippen LogP contribution >= 0.6 is 0 Å². The molecule has 3 atom stereocenters. The van der Waals surface area contributed by atoms with Crippen molar-refractivity contribution in [3.05, 3.63) is 23.8 Å². The molecular formula is C23H35N3O6S. The van der Waals surface area contributed by atoms with Gasteiger partial charge < -0.3 is 24.4 Å². The monoisotopic (exact) mass is 481 g/mol. The first-order chi connectivity index (χ1) is 15.5. The van der Waals surface area contributed by atoms with Crippen LogP contribution in [0.15, 0.2) is 23.1 Å². The number of nitrogens with zero attached hydrogens (tertiary/aromatic N) is 3. The van der Waals surface area contributed by atoms with Crippen molar-refractivity contribution in [3.8, 4) is 17.6 Å². The molecule has 1 aromatic carbocycles. The van der Waals surface area contributed by atoms with Gasteiger partial charge in [0, 0.05) is 38.2 Å². The number of aliphatic hydroxyl groups is 1. The Hall–Kier alpha value is -2.16. The molecule has 33 heavy (non-hydrogen) atoms. The number of carbonyl (C=O) groups excluding carboxylic acids is 1. The van der Waals surface area contributed by atoms with Crippen molar-refractivity contribution in [2.24, 2.45) is 5.92 Å². The summed E-state index contributed by atoms with van der Waals surface area (Å²) in [5.41, 5.74) is 0.590. The predicted octanol–water partition coefficient (Wildman–Crippen LogP) is 0.473. The van der Waals surface area contributed by atoms with E-state index in [0.717, 1.165) is 0 Å². The predicted molar refractivity (Wildman–Crippen MR) is 125 cm³/mol. The highest BCUT2D eigenvalue weighted by Gasteiger charge is 2.38. The third-order valence-electron chi connectivity index (χ3n) is 5.45. The van der Waals surface area contributed by atoms with Gasteiger partial charge in [-0.15, -0.1) is 0 Å². The molecule has 0 aromatic heterocycles. The Morgan fingerprint density at radius 1 is 1.36 bits per heavy atom. The highest BCUT2D eigenvalue weighted by atomic mass is 32.2. The van der Waals surface area contributed by atoms with Gasteiger partial charge in [0.2, 0.25) is 15.9 Å². The van der Waals surface area contributed by atoms with Crippen molar-refractivity contribution in [1.29, 1.82) is 0 Å². The molecule has 1 aliphatic rings. The minimum Gasteiger partial charge on any atom is -0.487 e. The quantitative estimate of drug-likeness (QED) is 0.565. The first kappa shape index (κ1) is 27.1. The summed E-state index contributed by atoms with van der Waals surface area (Å²) >= 11 is 0. The second kappa shape index (κ2) is 11.8. The van der Waals surface area contributed by atoms with Gasteiger partial charge in [-0.3, -0.25) is 4.79 Å². The Morgan fingerprint density at radius 2 is 2.06 bits per heavy atom. The van der Waals surface area contributed by atoms with Crippen LogP contribution in [0.4, 0.5) is 0 Å². The number of aliphatic hydroxyl groups excluding tert-OH is 1. The topological polar surface area (TPSA) is 99.6 Å². The minimum absolute atomic E-state index is 0.0132. The van der Waals surface area contributed by atoms with E-state index >= 15 is 0 Å². The van der Waals surface area contributed by atoms with E-state index in [9.17, 15) is 18.3 Å². The smallest absolute Gasteiger partial charge is 0.247 e. The molecule has 0 bridgehead atoms. The lowest BCUT2D eigenvalue weighted by molar-refractivity contribution is -0.132. The lowest BCUT2D eigenvalue weighted by atomic mass is 10.0. The van der Waals surface area contributed by atoms with Gasteiger partial charge in [0.05, 0.1) is 19.7 Å². The van der Waals surface area contributed by atoms with Gasteiger partial charge in [-0.25, -0.2) is 8.42 Å². The van der Waals surface area contributed by atoms with Crippen LogP contribution in [0.5, 0.6) is 5.75 Å². The maximum atomic E-state index is 13.5. The lowest BCUT2D eigenvalue weighted by Crippen LogP contribution is -2.50. The van der Waals surface area contributed by atoms with Crippen molar-refractivity contribution in [3.63, 3.8) is 0 Å². The van der Waals surface area contributed by atoms with Crippen molar-refractivity contribution in [2.75, 3.05) is 61.1 Å². The number of amides is 1. The SMILES string of the molecule is COCC#Cc1ccc2c(c1)O[C@@H](CN(C)C(=O)CN(C)C)[C@H](C)CN([C@@H](C)CO)S2(=O)=O. The molecule has 0 unspecified atom stereocenters. The van der Waals surface area contributed by atoms with Crippen LogP contribution in [-0.4, -0.2) is 107 Å². The van der Waals surface area contributed by atoms with E-state index < -0.39 is 22.2 Å². The zero-order valence-electron chi connectivity index (χ0n) is 20.2. The number of likely N-dealkylation sites (N-methyl/N-ethyl adjacent to an activating group) is 2. The van der Waals surface area contributed by atoms with E-state index in [1.165, 1.54) is 10.4 Å². The number of sulfonamides is 1. The largest absolute Gasteiger partial charge is 0.487 e. The molecule has 1 N–H and O–H groups in total. The number of carbonyl (C=O) groups is 1. The van der Waals surface area contributed by atoms with Crippen LogP contribution < -0.4 is 4.74 Å². The third kappa shape index (κ3) is 6.91. The Balaban J connectivity index is 2.50. The number of benzene rings is 1. The molecule has 1 heterocycles. The summed E-state index contributed by atoms with van der Waals surface area (Å²) < 4.78 is 39.4. The maximum absolute atomic E-state index is 13.5. The molecule has 1 aliphatic heterocycles. The molecule has 0 fully saturated rings. The number of methoxy groups -OCH3 is 1. The molecule has 0 radical (unpaired) electrons. The van der Waals surface area contributed by atoms with E-state index in [1.807, 2.05) is 21.0 Å². The zero-order valence-corrected chi connectivity index (χ0v) is 21.1. The second-order valence-corrected chi connectivity index (χ2v) is 10.5. The van der Waals surface area contributed by atoms with E-state index in [0.29, 0.717) is 5.56 Å². The van der Waals surface area contributed by atoms with Crippen LogP contribution in [0.3, 0.4) is 0 Å². The molecule has 2 rings (SSSR count). The van der Waals surface area contributed by atoms with E-state index in [4.69, 9.17) is 9.47 Å². The molecule has 9 nitrogen and oxygen atoms in total. The van der Waals surface area contributed by atoms with Crippen molar-refractivity contribution < 1.29 is 27.8 Å². The fourth-order valence-corrected chi connectivity index (χ4v) is 5.32. The molecule has 0 saturated heterocycles. The average Bonchev–Trinajstić information content (AvgIpc) is 2.75. The fraction of sp³-hybridized carbons (Fsp3) is 0.609. The van der Waals surface area contributed by atoms with Crippen LogP contribution in [-0.2, 0) is 19.6 Å². The number of hydrogen-bond donors (Lipinski definition) is 1. The summed E-state index contributed by atoms with van der Waals surface area (Å²) in [5, 5.41) is 9.72. The first-order valence-corrected chi connectivity index (χ1v) is 12.2. The van der Waals surface area contributed by atoms with Gasteiger partial charge in [0.15, 0.2) is 0 Å². The van der Waals surface area contributed by atoms with Gasteiger partial charge >= 0.3 is 0 Å². The van der Waals surface area contributed by atoms with Crippen molar-refractivity contribution in [1.82, 2.24) is 14.1 Å². The molecule has 1 amide bonds. The summed E-state index contributed by atoms with van der Waals surface area (Å²) in [5.74, 6) is 5.65. The fourth-order valence-electron chi connectivity index (χ4n) is 3.49. The Morgan fingerprint density at radius 3 is 2.67 bits per heavy atom. The normalized spacial score (nSPS) is 21.1. The van der Waals surface area contributed by atoms with Gasteiger partial charge in [0.1, 0.15) is 23.4 Å². The molecule has 0 aliphatic carbocycles. The second-order valence-electron chi connectivity index (χ2n) is 8.65. The van der Waals surface area contributed by atoms with Gasteiger partial charge in [-0.2, -0.15) is 4.31 Å². The van der Waals surface area contributed by atoms with Crippen molar-refractivity contribution >= 4 is 15.9 Å². The van der Waals surface area contributed by atoms with E-state index in [1.54, 1.807) is 43.0 Å². The lowest BCUT2D eigenvalue weighted by Gasteiger charge is -2.37. The molecule has 0 spiro atoms. The van der Waals surface area contributed by atoms with Crippen molar-refractivity contribution in [2.45, 2.75) is 30.9 Å². The van der Waals surface area contributed by atoms with Gasteiger partial charge in [-0.05, 0) is 39.2 Å². The summed E-state index contributed by atoms with van der Waals surface area (Å²) in [7, 11) is 2.97. The minimum atomic E-state index is -3.92. The highest BCUT2D eigenvalue weighted by Crippen LogP contribution is 2.34. The molecular weight excluding hydrogens is 446 g/mol. The average molecular weight is 482 g/mol. The number of rotatable bonds is 7. The Labute approximate surface area is 197 Å². The van der Waals surface area contributed by atoms with Crippen LogP contribution in [0.1, 0.15) is 19.4 Å². The molecule has 184 valence electrons. The van der Waals surface area contributed by atoms with E-state index in [2.05, 4.69) is 11.8 Å². The molecule has 1 aromatic rings. The molecule has 10 heteroatoms. The maximum Gasteiger partial charge on any atom is 0.247 e. The molecule has 0 saturated carbocycles. The Kier molecular flexibility index (Phi) is 9.70. The van der Waals surface area contributed by atoms with Gasteiger partial charge in [-0.1, -0.05) is 18.8 Å². The summed E-state index contributed by atoms with van der Waals surface area (Å²) in [6.07, 6.45) is -0.467.